The zero-order chi connectivity index (χ0) is 15.3. The number of carbonyl (C=O) groups is 1. The van der Waals surface area contributed by atoms with Gasteiger partial charge in [-0.2, -0.15) is 0 Å². The summed E-state index contributed by atoms with van der Waals surface area (Å²) in [5, 5.41) is 9.32. The van der Waals surface area contributed by atoms with Crippen LogP contribution in [0.2, 0.25) is 0 Å². The third-order valence-electron chi connectivity index (χ3n) is 2.32. The number of benzene rings is 1. The minimum absolute atomic E-state index is 0.166. The summed E-state index contributed by atoms with van der Waals surface area (Å²) in [5.74, 6) is 0.996. The monoisotopic (exact) mass is 284 g/mol. The van der Waals surface area contributed by atoms with Crippen LogP contribution in [-0.4, -0.2) is 31.1 Å². The Morgan fingerprint density at radius 2 is 1.65 bits per heavy atom. The summed E-state index contributed by atoms with van der Waals surface area (Å²) in [4.78, 5) is 11.7. The Hall–Kier alpha value is -1.95. The van der Waals surface area contributed by atoms with E-state index in [0.717, 1.165) is 0 Å². The fourth-order valence-corrected chi connectivity index (χ4v) is 1.48. The molecule has 1 rings (SSSR count). The second kappa shape index (κ2) is 6.47. The quantitative estimate of drug-likeness (QED) is 0.676. The molecule has 1 aromatic carbocycles. The van der Waals surface area contributed by atoms with E-state index in [2.05, 4.69) is 0 Å². The standard InChI is InChI=1S/C14H20O6/c1-14(2,3)20-13(16)19-10-7-12(18-5)11(17-4)6-9(10)8-15/h6-7,15H,8H2,1-5H3. The summed E-state index contributed by atoms with van der Waals surface area (Å²) in [6, 6.07) is 3.01. The molecule has 0 saturated carbocycles. The van der Waals surface area contributed by atoms with Crippen molar-refractivity contribution in [3.8, 4) is 17.2 Å². The number of methoxy groups -OCH3 is 2. The molecule has 0 amide bonds. The van der Waals surface area contributed by atoms with Gasteiger partial charge in [-0.15, -0.1) is 0 Å². The minimum atomic E-state index is -0.848. The van der Waals surface area contributed by atoms with Gasteiger partial charge in [0.1, 0.15) is 11.4 Å². The first-order valence-corrected chi connectivity index (χ1v) is 6.07. The highest BCUT2D eigenvalue weighted by molar-refractivity contribution is 5.66. The van der Waals surface area contributed by atoms with E-state index >= 15 is 0 Å². The molecule has 6 nitrogen and oxygen atoms in total. The second-order valence-corrected chi connectivity index (χ2v) is 5.04. The molecule has 0 aliphatic heterocycles. The third-order valence-corrected chi connectivity index (χ3v) is 2.32. The van der Waals surface area contributed by atoms with Gasteiger partial charge < -0.3 is 24.1 Å². The molecule has 0 spiro atoms. The van der Waals surface area contributed by atoms with E-state index in [4.69, 9.17) is 18.9 Å². The summed E-state index contributed by atoms with van der Waals surface area (Å²) >= 11 is 0. The van der Waals surface area contributed by atoms with Crippen LogP contribution in [-0.2, 0) is 11.3 Å². The van der Waals surface area contributed by atoms with Crippen LogP contribution in [0.3, 0.4) is 0 Å². The Morgan fingerprint density at radius 1 is 1.10 bits per heavy atom. The van der Waals surface area contributed by atoms with E-state index in [-0.39, 0.29) is 12.4 Å². The van der Waals surface area contributed by atoms with Crippen molar-refractivity contribution in [1.82, 2.24) is 0 Å². The summed E-state index contributed by atoms with van der Waals surface area (Å²) in [6.45, 7) is 4.89. The Balaban J connectivity index is 3.02. The first-order chi connectivity index (χ1) is 9.30. The average Bonchev–Trinajstić information content (AvgIpc) is 2.35. The zero-order valence-corrected chi connectivity index (χ0v) is 12.4. The number of hydrogen-bond acceptors (Lipinski definition) is 6. The van der Waals surface area contributed by atoms with E-state index in [1.807, 2.05) is 0 Å². The lowest BCUT2D eigenvalue weighted by atomic mass is 10.2. The van der Waals surface area contributed by atoms with Gasteiger partial charge in [-0.3, -0.25) is 0 Å². The molecule has 0 unspecified atom stereocenters. The Kier molecular flexibility index (Phi) is 5.21. The second-order valence-electron chi connectivity index (χ2n) is 5.04. The Morgan fingerprint density at radius 3 is 2.10 bits per heavy atom. The van der Waals surface area contributed by atoms with Gasteiger partial charge in [0.25, 0.3) is 0 Å². The van der Waals surface area contributed by atoms with E-state index < -0.39 is 11.8 Å². The molecule has 6 heteroatoms. The fourth-order valence-electron chi connectivity index (χ4n) is 1.48. The van der Waals surface area contributed by atoms with E-state index in [1.165, 1.54) is 20.3 Å². The normalized spacial score (nSPS) is 10.9. The molecule has 0 radical (unpaired) electrons. The zero-order valence-electron chi connectivity index (χ0n) is 12.4. The summed E-state index contributed by atoms with van der Waals surface area (Å²) in [7, 11) is 2.95. The van der Waals surface area contributed by atoms with E-state index in [9.17, 15) is 9.90 Å². The van der Waals surface area contributed by atoms with Gasteiger partial charge in [-0.05, 0) is 26.8 Å². The summed E-state index contributed by atoms with van der Waals surface area (Å²) < 4.78 is 20.4. The van der Waals surface area contributed by atoms with Crippen LogP contribution in [0, 0.1) is 0 Å². The van der Waals surface area contributed by atoms with Gasteiger partial charge >= 0.3 is 6.16 Å². The predicted octanol–water partition coefficient (Wildman–Crippen LogP) is 2.51. The van der Waals surface area contributed by atoms with Gasteiger partial charge in [0.05, 0.1) is 20.8 Å². The molecule has 1 N–H and O–H groups in total. The lowest BCUT2D eigenvalue weighted by molar-refractivity contribution is 0.0202. The largest absolute Gasteiger partial charge is 0.514 e. The molecular formula is C14H20O6. The van der Waals surface area contributed by atoms with Gasteiger partial charge in [0.15, 0.2) is 11.5 Å². The van der Waals surface area contributed by atoms with Crippen molar-refractivity contribution in [2.45, 2.75) is 33.0 Å². The highest BCUT2D eigenvalue weighted by atomic mass is 16.7. The van der Waals surface area contributed by atoms with Crippen molar-refractivity contribution in [2.24, 2.45) is 0 Å². The van der Waals surface area contributed by atoms with Crippen LogP contribution in [0.4, 0.5) is 4.79 Å². The number of hydrogen-bond donors (Lipinski definition) is 1. The molecular weight excluding hydrogens is 264 g/mol. The third kappa shape index (κ3) is 4.31. The number of aliphatic hydroxyl groups is 1. The van der Waals surface area contributed by atoms with Crippen LogP contribution in [0.25, 0.3) is 0 Å². The van der Waals surface area contributed by atoms with Gasteiger partial charge in [-0.1, -0.05) is 0 Å². The van der Waals surface area contributed by atoms with Crippen LogP contribution < -0.4 is 14.2 Å². The fraction of sp³-hybridized carbons (Fsp3) is 0.500. The number of aliphatic hydroxyl groups excluding tert-OH is 1. The first-order valence-electron chi connectivity index (χ1n) is 6.07. The molecule has 0 aliphatic rings. The van der Waals surface area contributed by atoms with Crippen molar-refractivity contribution < 1.29 is 28.8 Å². The maximum atomic E-state index is 11.7. The topological polar surface area (TPSA) is 74.2 Å². The molecule has 0 atom stereocenters. The number of carbonyl (C=O) groups excluding carboxylic acids is 1. The van der Waals surface area contributed by atoms with Crippen LogP contribution >= 0.6 is 0 Å². The van der Waals surface area contributed by atoms with E-state index in [0.29, 0.717) is 17.1 Å². The SMILES string of the molecule is COc1cc(CO)c(OC(=O)OC(C)(C)C)cc1OC. The predicted molar refractivity (Wildman–Crippen MR) is 72.3 cm³/mol. The van der Waals surface area contributed by atoms with Crippen molar-refractivity contribution >= 4 is 6.16 Å². The van der Waals surface area contributed by atoms with Gasteiger partial charge in [0.2, 0.25) is 0 Å². The van der Waals surface area contributed by atoms with Crippen LogP contribution in [0.1, 0.15) is 26.3 Å². The maximum Gasteiger partial charge on any atom is 0.514 e. The van der Waals surface area contributed by atoms with Crippen LogP contribution in [0.5, 0.6) is 17.2 Å². The molecule has 0 saturated heterocycles. The molecule has 0 fully saturated rings. The Bertz CT molecular complexity index is 475. The number of rotatable bonds is 4. The average molecular weight is 284 g/mol. The molecule has 0 heterocycles. The molecule has 20 heavy (non-hydrogen) atoms. The van der Waals surface area contributed by atoms with Crippen molar-refractivity contribution in [3.63, 3.8) is 0 Å². The first kappa shape index (κ1) is 16.1. The van der Waals surface area contributed by atoms with Crippen molar-refractivity contribution in [3.05, 3.63) is 17.7 Å². The molecule has 112 valence electrons. The van der Waals surface area contributed by atoms with Crippen molar-refractivity contribution in [1.29, 1.82) is 0 Å². The summed E-state index contributed by atoms with van der Waals surface area (Å²) in [5.41, 5.74) is -0.263. The highest BCUT2D eigenvalue weighted by Gasteiger charge is 2.20. The van der Waals surface area contributed by atoms with E-state index in [1.54, 1.807) is 26.8 Å². The van der Waals surface area contributed by atoms with Gasteiger partial charge in [0, 0.05) is 11.6 Å². The summed E-state index contributed by atoms with van der Waals surface area (Å²) in [6.07, 6.45) is -0.848. The lowest BCUT2D eigenvalue weighted by Crippen LogP contribution is -2.26. The lowest BCUT2D eigenvalue weighted by Gasteiger charge is -2.19. The van der Waals surface area contributed by atoms with Gasteiger partial charge in [-0.25, -0.2) is 4.79 Å². The minimum Gasteiger partial charge on any atom is -0.493 e. The van der Waals surface area contributed by atoms with Crippen LogP contribution in [0.15, 0.2) is 12.1 Å². The smallest absolute Gasteiger partial charge is 0.493 e. The molecule has 0 bridgehead atoms. The number of ether oxygens (including phenoxy) is 4. The highest BCUT2D eigenvalue weighted by Crippen LogP contribution is 2.35. The molecule has 0 aromatic heterocycles. The Labute approximate surface area is 118 Å². The van der Waals surface area contributed by atoms with Crippen molar-refractivity contribution in [2.75, 3.05) is 14.2 Å². The molecule has 0 aliphatic carbocycles. The maximum absolute atomic E-state index is 11.7. The molecule has 1 aromatic rings.